The van der Waals surface area contributed by atoms with Gasteiger partial charge < -0.3 is 5.21 Å². The van der Waals surface area contributed by atoms with Crippen LogP contribution in [0.25, 0.3) is 0 Å². The van der Waals surface area contributed by atoms with E-state index in [0.29, 0.717) is 22.7 Å². The largest absolute Gasteiger partial charge is 0.411 e. The Hall–Kier alpha value is -2.80. The number of nitrogens with zero attached hydrogens (tertiary/aromatic N) is 2. The number of oxime groups is 1. The third-order valence-electron chi connectivity index (χ3n) is 6.23. The second-order valence-electron chi connectivity index (χ2n) is 8.56. The van der Waals surface area contributed by atoms with Gasteiger partial charge in [0.15, 0.2) is 0 Å². The van der Waals surface area contributed by atoms with Crippen molar-refractivity contribution in [3.8, 4) is 6.07 Å². The van der Waals surface area contributed by atoms with Crippen molar-refractivity contribution in [2.45, 2.75) is 55.4 Å². The van der Waals surface area contributed by atoms with Crippen molar-refractivity contribution in [3.05, 3.63) is 23.3 Å². The minimum atomic E-state index is 0.250. The quantitative estimate of drug-likeness (QED) is 0.324. The van der Waals surface area contributed by atoms with Crippen molar-refractivity contribution in [2.75, 3.05) is 0 Å². The van der Waals surface area contributed by atoms with E-state index in [1.165, 1.54) is 6.21 Å². The zero-order chi connectivity index (χ0) is 23.4. The highest BCUT2D eigenvalue weighted by molar-refractivity contribution is 5.77. The third-order valence-corrected chi connectivity index (χ3v) is 6.23. The topological polar surface area (TPSA) is 125 Å². The molecule has 7 heteroatoms. The van der Waals surface area contributed by atoms with Gasteiger partial charge in [-0.15, -0.1) is 0 Å². The van der Waals surface area contributed by atoms with Gasteiger partial charge in [0, 0.05) is 5.57 Å². The summed E-state index contributed by atoms with van der Waals surface area (Å²) >= 11 is 0. The van der Waals surface area contributed by atoms with Crippen molar-refractivity contribution in [2.24, 2.45) is 39.7 Å². The molecule has 0 aliphatic heterocycles. The van der Waals surface area contributed by atoms with E-state index in [1.54, 1.807) is 0 Å². The first-order valence-corrected chi connectivity index (χ1v) is 9.26. The summed E-state index contributed by atoms with van der Waals surface area (Å²) < 4.78 is 0. The number of nitriles is 1. The summed E-state index contributed by atoms with van der Waals surface area (Å²) in [4.78, 5) is 32.5. The second-order valence-corrected chi connectivity index (χ2v) is 8.56. The first-order valence-electron chi connectivity index (χ1n) is 9.26. The molecule has 0 aromatic heterocycles. The number of hydrogen-bond donors (Lipinski definition) is 1. The van der Waals surface area contributed by atoms with E-state index in [2.05, 4.69) is 64.9 Å². The highest BCUT2D eigenvalue weighted by Crippen LogP contribution is 2.59. The lowest BCUT2D eigenvalue weighted by molar-refractivity contribution is -0.193. The highest BCUT2D eigenvalue weighted by Gasteiger charge is 2.53. The molecular formula is C22H32N2O5. The van der Waals surface area contributed by atoms with Crippen LogP contribution in [-0.4, -0.2) is 23.7 Å². The first-order chi connectivity index (χ1) is 13.3. The van der Waals surface area contributed by atoms with E-state index in [0.717, 1.165) is 23.0 Å². The van der Waals surface area contributed by atoms with Gasteiger partial charge in [0.25, 0.3) is 0 Å². The molecule has 0 amide bonds. The maximum atomic E-state index is 8.55. The Morgan fingerprint density at radius 1 is 0.897 bits per heavy atom. The average Bonchev–Trinajstić information content (AvgIpc) is 3.31. The fourth-order valence-corrected chi connectivity index (χ4v) is 3.32. The minimum absolute atomic E-state index is 0.250. The van der Waals surface area contributed by atoms with Crippen molar-refractivity contribution in [3.63, 3.8) is 0 Å². The van der Waals surface area contributed by atoms with E-state index >= 15 is 0 Å². The molecule has 160 valence electrons. The average molecular weight is 405 g/mol. The van der Waals surface area contributed by atoms with Crippen LogP contribution in [0.5, 0.6) is 0 Å². The molecule has 2 aliphatic carbocycles. The molecule has 0 bridgehead atoms. The van der Waals surface area contributed by atoms with Crippen LogP contribution in [0.2, 0.25) is 0 Å². The van der Waals surface area contributed by atoms with Gasteiger partial charge in [0.05, 0.1) is 12.3 Å². The summed E-state index contributed by atoms with van der Waals surface area (Å²) in [5.74, 6) is 2.77. The number of rotatable bonds is 3. The fraction of sp³-hybridized carbons (Fsp3) is 0.636. The Bertz CT molecular complexity index is 717. The van der Waals surface area contributed by atoms with Crippen LogP contribution in [0.1, 0.15) is 55.4 Å². The molecule has 29 heavy (non-hydrogen) atoms. The van der Waals surface area contributed by atoms with Crippen LogP contribution < -0.4 is 0 Å². The zero-order valence-corrected chi connectivity index (χ0v) is 18.5. The summed E-state index contributed by atoms with van der Waals surface area (Å²) in [5, 5.41) is 19.8. The molecule has 1 N–H and O–H groups in total. The molecule has 0 aromatic rings. The standard InChI is InChI=1S/C10H17NO.C10H15N.2CO2/c1-7(6-11-12)5-9-8(2)10(9,3)4;1-7(6-11)5-9-8(2)10(9,3)4;2*2-1-3/h5-6,8-9,12H,1-4H3;5,8-9H,1-4H3;;/b7-5+,11-6-;7-5+;;. The Morgan fingerprint density at radius 3 is 1.45 bits per heavy atom. The van der Waals surface area contributed by atoms with Crippen LogP contribution in [0, 0.1) is 45.8 Å². The molecule has 2 rings (SSSR count). The Balaban J connectivity index is 0. The molecule has 2 aliphatic rings. The van der Waals surface area contributed by atoms with Crippen molar-refractivity contribution in [1.29, 1.82) is 5.26 Å². The predicted molar refractivity (Wildman–Crippen MR) is 106 cm³/mol. The smallest absolute Gasteiger partial charge is 0.373 e. The summed E-state index contributed by atoms with van der Waals surface area (Å²) in [7, 11) is 0. The number of carbonyl (C=O) groups excluding carboxylic acids is 4. The molecule has 4 unspecified atom stereocenters. The van der Waals surface area contributed by atoms with Crippen molar-refractivity contribution >= 4 is 18.5 Å². The van der Waals surface area contributed by atoms with Crippen LogP contribution in [0.15, 0.2) is 28.5 Å². The van der Waals surface area contributed by atoms with Gasteiger partial charge in [-0.2, -0.15) is 24.4 Å². The lowest BCUT2D eigenvalue weighted by atomic mass is 10.1. The van der Waals surface area contributed by atoms with Crippen LogP contribution in [0.4, 0.5) is 0 Å². The lowest BCUT2D eigenvalue weighted by Crippen LogP contribution is -1.88. The highest BCUT2D eigenvalue weighted by atomic mass is 16.4. The fourth-order valence-electron chi connectivity index (χ4n) is 3.32. The van der Waals surface area contributed by atoms with E-state index in [-0.39, 0.29) is 12.3 Å². The molecule has 0 heterocycles. The first kappa shape index (κ1) is 28.4. The summed E-state index contributed by atoms with van der Waals surface area (Å²) in [6.45, 7) is 17.4. The maximum absolute atomic E-state index is 8.55. The molecule has 0 aromatic carbocycles. The van der Waals surface area contributed by atoms with Gasteiger partial charge in [0.1, 0.15) is 0 Å². The van der Waals surface area contributed by atoms with Gasteiger partial charge in [-0.05, 0) is 53.9 Å². The van der Waals surface area contributed by atoms with Gasteiger partial charge in [-0.3, -0.25) is 0 Å². The summed E-state index contributed by atoms with van der Waals surface area (Å²) in [6.07, 6.45) is 6.27. The Morgan fingerprint density at radius 2 is 1.21 bits per heavy atom. The van der Waals surface area contributed by atoms with Gasteiger partial charge in [-0.1, -0.05) is 58.9 Å². The normalized spacial score (nSPS) is 27.8. The third kappa shape index (κ3) is 9.30. The molecule has 2 fully saturated rings. The SMILES string of the molecule is C/C(C#N)=C\C1C(C)C1(C)C.CC(/C=N\O)=C\C1C(C)C1(C)C.O=C=O.O=C=O. The zero-order valence-electron chi connectivity index (χ0n) is 18.5. The van der Waals surface area contributed by atoms with Crippen LogP contribution in [0.3, 0.4) is 0 Å². The molecule has 7 nitrogen and oxygen atoms in total. The summed E-state index contributed by atoms with van der Waals surface area (Å²) in [6, 6.07) is 2.16. The molecule has 4 atom stereocenters. The van der Waals surface area contributed by atoms with Crippen molar-refractivity contribution < 1.29 is 24.4 Å². The second kappa shape index (κ2) is 12.6. The van der Waals surface area contributed by atoms with E-state index < -0.39 is 0 Å². The number of allylic oxidation sites excluding steroid dienone is 4. The van der Waals surface area contributed by atoms with Gasteiger partial charge in [-0.25, -0.2) is 0 Å². The molecular weight excluding hydrogens is 372 g/mol. The van der Waals surface area contributed by atoms with Crippen LogP contribution >= 0.6 is 0 Å². The molecule has 0 saturated heterocycles. The van der Waals surface area contributed by atoms with E-state index in [4.69, 9.17) is 29.6 Å². The van der Waals surface area contributed by atoms with E-state index in [9.17, 15) is 0 Å². The van der Waals surface area contributed by atoms with E-state index in [1.807, 2.05) is 13.8 Å². The molecule has 2 saturated carbocycles. The minimum Gasteiger partial charge on any atom is -0.411 e. The monoisotopic (exact) mass is 404 g/mol. The number of hydrogen-bond acceptors (Lipinski definition) is 7. The van der Waals surface area contributed by atoms with Crippen molar-refractivity contribution in [1.82, 2.24) is 0 Å². The Labute approximate surface area is 173 Å². The van der Waals surface area contributed by atoms with Gasteiger partial charge in [0.2, 0.25) is 0 Å². The van der Waals surface area contributed by atoms with Crippen LogP contribution in [-0.2, 0) is 19.2 Å². The maximum Gasteiger partial charge on any atom is 0.373 e. The lowest BCUT2D eigenvalue weighted by Gasteiger charge is -1.97. The Kier molecular flexibility index (Phi) is 12.4. The molecule has 0 spiro atoms. The van der Waals surface area contributed by atoms with Gasteiger partial charge >= 0.3 is 12.3 Å². The summed E-state index contributed by atoms with van der Waals surface area (Å²) in [5.41, 5.74) is 2.76. The predicted octanol–water partition coefficient (Wildman–Crippen LogP) is 4.27. The molecule has 0 radical (unpaired) electrons.